The third-order valence-corrected chi connectivity index (χ3v) is 26.5. The molecule has 0 atom stereocenters. The second kappa shape index (κ2) is 28.2. The summed E-state index contributed by atoms with van der Waals surface area (Å²) in [6.45, 7) is 4.69. The van der Waals surface area contributed by atoms with Gasteiger partial charge in [-0.25, -0.2) is 24.9 Å². The summed E-state index contributed by atoms with van der Waals surface area (Å²) < 4.78 is 7.84. The molecule has 0 radical (unpaired) electrons. The van der Waals surface area contributed by atoms with Crippen molar-refractivity contribution in [2.24, 2.45) is 0 Å². The maximum Gasteiger partial charge on any atom is 0.0973 e. The largest absolute Gasteiger partial charge is 0.256 e. The fourth-order valence-corrected chi connectivity index (χ4v) is 20.4. The third-order valence-electron chi connectivity index (χ3n) is 23.0. The van der Waals surface area contributed by atoms with E-state index in [0.29, 0.717) is 0 Å². The van der Waals surface area contributed by atoms with E-state index in [4.69, 9.17) is 29.9 Å². The zero-order valence-electron chi connectivity index (χ0n) is 63.2. The first-order valence-electron chi connectivity index (χ1n) is 39.2. The molecule has 16 aromatic carbocycles. The molecule has 544 valence electrons. The van der Waals surface area contributed by atoms with Crippen LogP contribution in [0.25, 0.3) is 216 Å². The molecule has 7 heterocycles. The van der Waals surface area contributed by atoms with Gasteiger partial charge in [-0.15, -0.1) is 34.0 Å². The van der Waals surface area contributed by atoms with Crippen molar-refractivity contribution in [3.63, 3.8) is 0 Å². The highest BCUT2D eigenvalue weighted by atomic mass is 32.1. The minimum atomic E-state index is -0.110. The highest BCUT2D eigenvalue weighted by molar-refractivity contribution is 7.26. The lowest BCUT2D eigenvalue weighted by molar-refractivity contribution is 0.661. The van der Waals surface area contributed by atoms with Gasteiger partial charge in [0, 0.05) is 111 Å². The van der Waals surface area contributed by atoms with E-state index in [1.165, 1.54) is 121 Å². The molecule has 0 fully saturated rings. The second-order valence-electron chi connectivity index (χ2n) is 30.4. The van der Waals surface area contributed by atoms with Crippen molar-refractivity contribution in [3.8, 4) is 101 Å². The van der Waals surface area contributed by atoms with Gasteiger partial charge in [0.1, 0.15) is 0 Å². The Hall–Kier alpha value is -14.1. The summed E-state index contributed by atoms with van der Waals surface area (Å²) in [5, 5.41) is 13.9. The zero-order chi connectivity index (χ0) is 77.0. The fourth-order valence-electron chi connectivity index (χ4n) is 17.1. The molecule has 116 heavy (non-hydrogen) atoms. The SMILES string of the molecule is CC1(C)c2cc(-c3nc(-c4ccc5sc6ccccc6c5c4)cc4ncccc34)ccc2-c2cc3ccccc3cc21.c1ccc(-c2nc3ccc(-c4ccc5sc6ccccc6c5c4)cc3nc2-c2ccccc2)cc1.c1ccc2cc(-c3ccc(-c4nc5ccccc5nc4-c4ccc5sc6ccccc6c5c4)cc3)ccc2c1. The molecule has 6 nitrogen and oxygen atoms in total. The summed E-state index contributed by atoms with van der Waals surface area (Å²) in [7, 11) is 0. The summed E-state index contributed by atoms with van der Waals surface area (Å²) in [4.78, 5) is 30.6. The predicted octanol–water partition coefficient (Wildman–Crippen LogP) is 29.9. The number of thiophene rings is 3. The van der Waals surface area contributed by atoms with E-state index >= 15 is 0 Å². The molecule has 7 aromatic heterocycles. The number of nitrogens with zero attached hydrogens (tertiary/aromatic N) is 6. The van der Waals surface area contributed by atoms with Crippen LogP contribution in [-0.4, -0.2) is 29.9 Å². The number of hydrogen-bond donors (Lipinski definition) is 0. The van der Waals surface area contributed by atoms with Crippen LogP contribution < -0.4 is 0 Å². The number of fused-ring (bicyclic) bond motifs is 17. The van der Waals surface area contributed by atoms with Gasteiger partial charge in [0.15, 0.2) is 0 Å². The Bertz CT molecular complexity index is 7880. The molecule has 0 saturated carbocycles. The van der Waals surface area contributed by atoms with Crippen LogP contribution in [0.3, 0.4) is 0 Å². The highest BCUT2D eigenvalue weighted by Gasteiger charge is 2.36. The summed E-state index contributed by atoms with van der Waals surface area (Å²) in [6, 6.07) is 132. The molecule has 9 heteroatoms. The third kappa shape index (κ3) is 12.2. The van der Waals surface area contributed by atoms with Crippen LogP contribution in [0.2, 0.25) is 0 Å². The van der Waals surface area contributed by atoms with E-state index in [0.717, 1.165) is 106 Å². The van der Waals surface area contributed by atoms with Crippen molar-refractivity contribution in [1.82, 2.24) is 29.9 Å². The van der Waals surface area contributed by atoms with Gasteiger partial charge in [0.05, 0.1) is 61.7 Å². The van der Waals surface area contributed by atoms with Gasteiger partial charge < -0.3 is 0 Å². The van der Waals surface area contributed by atoms with Crippen LogP contribution >= 0.6 is 34.0 Å². The zero-order valence-corrected chi connectivity index (χ0v) is 65.7. The van der Waals surface area contributed by atoms with Crippen molar-refractivity contribution < 1.29 is 0 Å². The van der Waals surface area contributed by atoms with Gasteiger partial charge in [-0.05, 0) is 187 Å². The number of benzene rings is 16. The van der Waals surface area contributed by atoms with Gasteiger partial charge in [0.2, 0.25) is 0 Å². The fraction of sp³-hybridized carbons (Fsp3) is 0.0280. The number of para-hydroxylation sites is 2. The van der Waals surface area contributed by atoms with E-state index < -0.39 is 0 Å². The molecule has 0 unspecified atom stereocenters. The van der Waals surface area contributed by atoms with Gasteiger partial charge in [-0.1, -0.05) is 263 Å². The molecule has 0 N–H and O–H groups in total. The maximum absolute atomic E-state index is 5.34. The van der Waals surface area contributed by atoms with Crippen LogP contribution in [0.1, 0.15) is 25.0 Å². The number of pyridine rings is 2. The summed E-state index contributed by atoms with van der Waals surface area (Å²) in [6.07, 6.45) is 1.87. The molecule has 1 aliphatic carbocycles. The summed E-state index contributed by atoms with van der Waals surface area (Å²) in [5.74, 6) is 0. The molecule has 24 rings (SSSR count). The number of rotatable bonds is 8. The molecule has 23 aromatic rings. The minimum Gasteiger partial charge on any atom is -0.256 e. The first kappa shape index (κ1) is 68.7. The minimum absolute atomic E-state index is 0.110. The second-order valence-corrected chi connectivity index (χ2v) is 33.6. The molecule has 0 saturated heterocycles. The Labute approximate surface area is 681 Å². The standard InChI is InChI=1S/C39H26N2S.C36H22N2S.C32H20N2S/c1-39(2)32-21-26(13-15-27(32)30-18-23-8-3-4-9-24(23)20-33(30)39)38-29-11-7-17-40-35(29)22-34(41-38)25-14-16-37-31(19-25)28-10-5-6-12-36(28)42-37;1-2-8-26-21-27(18-15-23(26)7-1)24-13-16-25(17-14-24)35-36(38-32-11-5-4-10-31(32)37-35)28-19-20-34-30(22-28)29-9-3-6-12-33(29)39-34;1-3-9-21(10-4-1)31-32(22-11-5-2-6-12-22)34-28-20-24(15-17-27(28)33-31)23-16-18-30-26(19-23)25-13-7-8-14-29(25)35-30/h3-22H,1-2H3;1-22H;1-20H. The predicted molar refractivity (Wildman–Crippen MR) is 493 cm³/mol. The van der Waals surface area contributed by atoms with Crippen LogP contribution in [0, 0.1) is 0 Å². The van der Waals surface area contributed by atoms with Crippen molar-refractivity contribution in [1.29, 1.82) is 0 Å². The Morgan fingerprint density at radius 2 is 0.603 bits per heavy atom. The monoisotopic (exact) mass is 1530 g/mol. The molecule has 1 aliphatic rings. The van der Waals surface area contributed by atoms with E-state index in [1.807, 2.05) is 107 Å². The van der Waals surface area contributed by atoms with Gasteiger partial charge in [0.25, 0.3) is 0 Å². The van der Waals surface area contributed by atoms with E-state index in [9.17, 15) is 0 Å². The average Bonchev–Trinajstić information content (AvgIpc) is 1.56. The molecule has 0 spiro atoms. The smallest absolute Gasteiger partial charge is 0.0973 e. The van der Waals surface area contributed by atoms with E-state index in [2.05, 4.69) is 317 Å². The van der Waals surface area contributed by atoms with Gasteiger partial charge >= 0.3 is 0 Å². The quantitative estimate of drug-likeness (QED) is 0.151. The maximum atomic E-state index is 5.34. The molecule has 0 amide bonds. The molecule has 0 aliphatic heterocycles. The van der Waals surface area contributed by atoms with Gasteiger partial charge in [-0.3, -0.25) is 4.98 Å². The van der Waals surface area contributed by atoms with Crippen LogP contribution in [-0.2, 0) is 5.41 Å². The van der Waals surface area contributed by atoms with Crippen LogP contribution in [0.5, 0.6) is 0 Å². The summed E-state index contributed by atoms with van der Waals surface area (Å²) in [5.41, 5.74) is 26.6. The van der Waals surface area contributed by atoms with Crippen LogP contribution in [0.4, 0.5) is 0 Å². The highest BCUT2D eigenvalue weighted by Crippen LogP contribution is 2.52. The van der Waals surface area contributed by atoms with E-state index in [1.54, 1.807) is 0 Å². The van der Waals surface area contributed by atoms with Gasteiger partial charge in [-0.2, -0.15) is 0 Å². The first-order chi connectivity index (χ1) is 57.2. The Morgan fingerprint density at radius 1 is 0.207 bits per heavy atom. The first-order valence-corrected chi connectivity index (χ1v) is 41.6. The summed E-state index contributed by atoms with van der Waals surface area (Å²) >= 11 is 5.52. The lowest BCUT2D eigenvalue weighted by atomic mass is 9.81. The van der Waals surface area contributed by atoms with Crippen molar-refractivity contribution >= 4 is 149 Å². The lowest BCUT2D eigenvalue weighted by Gasteiger charge is -2.22. The molecular formula is C107H68N6S3. The Balaban J connectivity index is 0.000000106. The lowest BCUT2D eigenvalue weighted by Crippen LogP contribution is -2.15. The van der Waals surface area contributed by atoms with Crippen molar-refractivity contribution in [2.75, 3.05) is 0 Å². The van der Waals surface area contributed by atoms with Crippen molar-refractivity contribution in [3.05, 3.63) is 387 Å². The molecular weight excluding hydrogens is 1470 g/mol. The normalized spacial score (nSPS) is 12.3. The van der Waals surface area contributed by atoms with Crippen LogP contribution in [0.15, 0.2) is 376 Å². The Morgan fingerprint density at radius 3 is 1.22 bits per heavy atom. The van der Waals surface area contributed by atoms with E-state index in [-0.39, 0.29) is 5.41 Å². The Kier molecular flexibility index (Phi) is 16.7. The average molecular weight is 1530 g/mol. The number of hydrogen-bond acceptors (Lipinski definition) is 9. The van der Waals surface area contributed by atoms with Crippen molar-refractivity contribution in [2.45, 2.75) is 19.3 Å². The number of aromatic nitrogens is 6. The topological polar surface area (TPSA) is 77.3 Å². The molecule has 0 bridgehead atoms.